The Kier molecular flexibility index (Phi) is 4.42. The number of amides is 1. The molecule has 0 saturated heterocycles. The van der Waals surface area contributed by atoms with Crippen molar-refractivity contribution in [3.05, 3.63) is 29.3 Å². The number of benzene rings is 1. The van der Waals surface area contributed by atoms with Gasteiger partial charge in [0.2, 0.25) is 5.91 Å². The molecule has 2 nitrogen and oxygen atoms in total. The molecule has 1 N–H and O–H groups in total. The van der Waals surface area contributed by atoms with Gasteiger partial charge in [-0.1, -0.05) is 34.5 Å². The monoisotopic (exact) mass is 275 g/mol. The highest BCUT2D eigenvalue weighted by molar-refractivity contribution is 9.10. The molecule has 1 atom stereocenters. The zero-order chi connectivity index (χ0) is 10.6. The first-order chi connectivity index (χ1) is 6.63. The normalized spacial score (nSPS) is 12.2. The molecule has 0 aliphatic heterocycles. The molecule has 0 radical (unpaired) electrons. The Balaban J connectivity index is 2.60. The lowest BCUT2D eigenvalue weighted by molar-refractivity contribution is -0.115. The van der Waals surface area contributed by atoms with Gasteiger partial charge in [0.1, 0.15) is 0 Å². The van der Waals surface area contributed by atoms with E-state index < -0.39 is 0 Å². The summed E-state index contributed by atoms with van der Waals surface area (Å²) in [6, 6.07) is 7.03. The van der Waals surface area contributed by atoms with Gasteiger partial charge in [0, 0.05) is 10.7 Å². The van der Waals surface area contributed by atoms with Crippen molar-refractivity contribution in [1.29, 1.82) is 0 Å². The van der Waals surface area contributed by atoms with Crippen LogP contribution in [0.4, 0.5) is 5.69 Å². The Morgan fingerprint density at radius 2 is 2.07 bits per heavy atom. The third-order valence-electron chi connectivity index (χ3n) is 1.75. The predicted octanol–water partition coefficient (Wildman–Crippen LogP) is 3.45. The van der Waals surface area contributed by atoms with E-state index in [9.17, 15) is 4.79 Å². The van der Waals surface area contributed by atoms with Crippen LogP contribution in [0.15, 0.2) is 24.3 Å². The second-order valence-electron chi connectivity index (χ2n) is 2.87. The summed E-state index contributed by atoms with van der Waals surface area (Å²) in [7, 11) is 0. The molecular weight excluding hydrogens is 265 g/mol. The Morgan fingerprint density at radius 1 is 1.50 bits per heavy atom. The molecule has 14 heavy (non-hydrogen) atoms. The average molecular weight is 277 g/mol. The second-order valence-corrected chi connectivity index (χ2v) is 4.41. The molecule has 0 bridgehead atoms. The molecular formula is C10H11BrClNO. The maximum absolute atomic E-state index is 11.4. The summed E-state index contributed by atoms with van der Waals surface area (Å²) in [5, 5.41) is 3.44. The first-order valence-corrected chi connectivity index (χ1v) is 5.63. The van der Waals surface area contributed by atoms with Gasteiger partial charge in [-0.3, -0.25) is 4.79 Å². The number of alkyl halides is 1. The van der Waals surface area contributed by atoms with Gasteiger partial charge in [0.05, 0.1) is 4.83 Å². The van der Waals surface area contributed by atoms with Gasteiger partial charge in [0.15, 0.2) is 0 Å². The lowest BCUT2D eigenvalue weighted by Gasteiger charge is -2.08. The Hall–Kier alpha value is -0.540. The van der Waals surface area contributed by atoms with Crippen LogP contribution in [0.2, 0.25) is 5.02 Å². The van der Waals surface area contributed by atoms with Gasteiger partial charge < -0.3 is 5.32 Å². The van der Waals surface area contributed by atoms with Crippen LogP contribution in [0.3, 0.4) is 0 Å². The lowest BCUT2D eigenvalue weighted by atomic mass is 10.3. The number of nitrogens with one attached hydrogen (secondary N) is 1. The fourth-order valence-corrected chi connectivity index (χ4v) is 1.18. The Bertz CT molecular complexity index is 312. The standard InChI is InChI=1S/C10H11BrClNO/c1-2-9(11)10(14)13-8-5-3-7(12)4-6-8/h3-6,9H,2H2,1H3,(H,13,14). The van der Waals surface area contributed by atoms with E-state index >= 15 is 0 Å². The van der Waals surface area contributed by atoms with Crippen molar-refractivity contribution in [2.24, 2.45) is 0 Å². The summed E-state index contributed by atoms with van der Waals surface area (Å²) in [6.07, 6.45) is 0.763. The van der Waals surface area contributed by atoms with Crippen LogP contribution in [0.5, 0.6) is 0 Å². The maximum Gasteiger partial charge on any atom is 0.238 e. The van der Waals surface area contributed by atoms with Crippen LogP contribution in [0.1, 0.15) is 13.3 Å². The zero-order valence-corrected chi connectivity index (χ0v) is 10.1. The molecule has 0 saturated carbocycles. The molecule has 1 rings (SSSR count). The van der Waals surface area contributed by atoms with Gasteiger partial charge in [0.25, 0.3) is 0 Å². The summed E-state index contributed by atoms with van der Waals surface area (Å²) in [5.41, 5.74) is 0.761. The Morgan fingerprint density at radius 3 is 2.57 bits per heavy atom. The highest BCUT2D eigenvalue weighted by atomic mass is 79.9. The number of halogens is 2. The second kappa shape index (κ2) is 5.37. The number of carbonyl (C=O) groups excluding carboxylic acids is 1. The highest BCUT2D eigenvalue weighted by Gasteiger charge is 2.11. The van der Waals surface area contributed by atoms with Crippen molar-refractivity contribution < 1.29 is 4.79 Å². The molecule has 0 aliphatic carbocycles. The van der Waals surface area contributed by atoms with Gasteiger partial charge in [-0.15, -0.1) is 0 Å². The predicted molar refractivity (Wildman–Crippen MR) is 63.1 cm³/mol. The van der Waals surface area contributed by atoms with E-state index in [-0.39, 0.29) is 10.7 Å². The van der Waals surface area contributed by atoms with E-state index in [0.29, 0.717) is 5.02 Å². The molecule has 1 amide bonds. The molecule has 0 fully saturated rings. The molecule has 0 heterocycles. The van der Waals surface area contributed by atoms with Crippen LogP contribution >= 0.6 is 27.5 Å². The maximum atomic E-state index is 11.4. The van der Waals surface area contributed by atoms with Crippen molar-refractivity contribution in [1.82, 2.24) is 0 Å². The Labute approximate surface area is 96.8 Å². The molecule has 76 valence electrons. The highest BCUT2D eigenvalue weighted by Crippen LogP contribution is 2.15. The van der Waals surface area contributed by atoms with Gasteiger partial charge >= 0.3 is 0 Å². The molecule has 4 heteroatoms. The molecule has 1 aromatic rings. The van der Waals surface area contributed by atoms with Crippen LogP contribution in [-0.4, -0.2) is 10.7 Å². The van der Waals surface area contributed by atoms with Crippen molar-refractivity contribution in [3.8, 4) is 0 Å². The van der Waals surface area contributed by atoms with E-state index in [2.05, 4.69) is 21.2 Å². The number of hydrogen-bond donors (Lipinski definition) is 1. The van der Waals surface area contributed by atoms with Crippen LogP contribution in [-0.2, 0) is 4.79 Å². The first kappa shape index (κ1) is 11.5. The minimum absolute atomic E-state index is 0.0326. The molecule has 1 unspecified atom stereocenters. The van der Waals surface area contributed by atoms with Gasteiger partial charge in [-0.05, 0) is 30.7 Å². The van der Waals surface area contributed by atoms with Crippen LogP contribution in [0.25, 0.3) is 0 Å². The van der Waals surface area contributed by atoms with Crippen molar-refractivity contribution in [3.63, 3.8) is 0 Å². The third-order valence-corrected chi connectivity index (χ3v) is 3.07. The van der Waals surface area contributed by atoms with Crippen LogP contribution < -0.4 is 5.32 Å². The summed E-state index contributed by atoms with van der Waals surface area (Å²) in [5.74, 6) is -0.0326. The SMILES string of the molecule is CCC(Br)C(=O)Nc1ccc(Cl)cc1. The average Bonchev–Trinajstić information content (AvgIpc) is 2.20. The van der Waals surface area contributed by atoms with E-state index in [1.165, 1.54) is 0 Å². The first-order valence-electron chi connectivity index (χ1n) is 4.34. The summed E-state index contributed by atoms with van der Waals surface area (Å²) in [6.45, 7) is 1.95. The largest absolute Gasteiger partial charge is 0.325 e. The van der Waals surface area contributed by atoms with E-state index in [1.807, 2.05) is 6.92 Å². The van der Waals surface area contributed by atoms with Crippen molar-refractivity contribution in [2.75, 3.05) is 5.32 Å². The van der Waals surface area contributed by atoms with Crippen molar-refractivity contribution in [2.45, 2.75) is 18.2 Å². The van der Waals surface area contributed by atoms with E-state index in [1.54, 1.807) is 24.3 Å². The van der Waals surface area contributed by atoms with Crippen LogP contribution in [0, 0.1) is 0 Å². The van der Waals surface area contributed by atoms with E-state index in [0.717, 1.165) is 12.1 Å². The molecule has 0 aromatic heterocycles. The summed E-state index contributed by atoms with van der Waals surface area (Å²) in [4.78, 5) is 11.3. The summed E-state index contributed by atoms with van der Waals surface area (Å²) < 4.78 is 0. The minimum Gasteiger partial charge on any atom is -0.325 e. The summed E-state index contributed by atoms with van der Waals surface area (Å²) >= 11 is 8.99. The fraction of sp³-hybridized carbons (Fsp3) is 0.300. The lowest BCUT2D eigenvalue weighted by Crippen LogP contribution is -2.21. The van der Waals surface area contributed by atoms with E-state index in [4.69, 9.17) is 11.6 Å². The third kappa shape index (κ3) is 3.31. The number of hydrogen-bond acceptors (Lipinski definition) is 1. The molecule has 0 aliphatic rings. The molecule has 1 aromatic carbocycles. The number of anilines is 1. The minimum atomic E-state index is -0.141. The fourth-order valence-electron chi connectivity index (χ4n) is 0.939. The van der Waals surface area contributed by atoms with Gasteiger partial charge in [-0.25, -0.2) is 0 Å². The smallest absolute Gasteiger partial charge is 0.238 e. The number of rotatable bonds is 3. The number of carbonyl (C=O) groups is 1. The quantitative estimate of drug-likeness (QED) is 0.842. The van der Waals surface area contributed by atoms with Crippen molar-refractivity contribution >= 4 is 39.1 Å². The topological polar surface area (TPSA) is 29.1 Å². The molecule has 0 spiro atoms. The van der Waals surface area contributed by atoms with Gasteiger partial charge in [-0.2, -0.15) is 0 Å². The zero-order valence-electron chi connectivity index (χ0n) is 7.76.